The molecule has 3 rings (SSSR count). The van der Waals surface area contributed by atoms with Crippen molar-refractivity contribution in [1.82, 2.24) is 15.1 Å². The van der Waals surface area contributed by atoms with E-state index in [-0.39, 0.29) is 29.8 Å². The molecular weight excluding hydrogens is 332 g/mol. The Morgan fingerprint density at radius 3 is 2.54 bits per heavy atom. The van der Waals surface area contributed by atoms with Crippen LogP contribution in [0.1, 0.15) is 53.4 Å². The molecule has 2 heterocycles. The van der Waals surface area contributed by atoms with Gasteiger partial charge in [0.2, 0.25) is 5.91 Å². The van der Waals surface area contributed by atoms with Gasteiger partial charge < -0.3 is 16.0 Å². The summed E-state index contributed by atoms with van der Waals surface area (Å²) in [5.74, 6) is 0.237. The van der Waals surface area contributed by atoms with Crippen LogP contribution in [0.25, 0.3) is 0 Å². The predicted molar refractivity (Wildman–Crippen MR) is 98.1 cm³/mol. The average Bonchev–Trinajstić information content (AvgIpc) is 2.98. The van der Waals surface area contributed by atoms with E-state index in [1.807, 2.05) is 6.92 Å². The minimum absolute atomic E-state index is 0.0154. The second kappa shape index (κ2) is 6.51. The Hall–Kier alpha value is -1.63. The molecule has 7 nitrogen and oxygen atoms in total. The van der Waals surface area contributed by atoms with E-state index in [0.717, 1.165) is 17.7 Å². The first-order valence-corrected chi connectivity index (χ1v) is 9.70. The summed E-state index contributed by atoms with van der Waals surface area (Å²) in [6.07, 6.45) is 3.16. The van der Waals surface area contributed by atoms with Crippen LogP contribution >= 0.6 is 0 Å². The first-order chi connectivity index (χ1) is 12.1. The third kappa shape index (κ3) is 3.33. The number of hydrogen-bond donors (Lipinski definition) is 2. The lowest BCUT2D eigenvalue weighted by molar-refractivity contribution is -0.141. The lowest BCUT2D eigenvalue weighted by Crippen LogP contribution is -2.54. The molecule has 4 unspecified atom stereocenters. The van der Waals surface area contributed by atoms with Crippen molar-refractivity contribution in [3.05, 3.63) is 0 Å². The summed E-state index contributed by atoms with van der Waals surface area (Å²) >= 11 is 0. The number of nitrogens with zero attached hydrogens (tertiary/aromatic N) is 2. The number of hydrogen-bond acceptors (Lipinski definition) is 4. The molecule has 26 heavy (non-hydrogen) atoms. The van der Waals surface area contributed by atoms with Crippen molar-refractivity contribution in [3.63, 3.8) is 0 Å². The number of rotatable bonds is 3. The molecule has 3 fully saturated rings. The Bertz CT molecular complexity index is 620. The second-order valence-corrected chi connectivity index (χ2v) is 9.49. The number of amides is 4. The summed E-state index contributed by atoms with van der Waals surface area (Å²) in [4.78, 5) is 41.3. The fourth-order valence-electron chi connectivity index (χ4n) is 5.54. The second-order valence-electron chi connectivity index (χ2n) is 9.49. The number of urea groups is 1. The topological polar surface area (TPSA) is 95.7 Å². The Kier molecular flexibility index (Phi) is 4.80. The molecule has 7 heteroatoms. The standard InChI is InChI=1S/C19H32N4O3/c1-12-6-18(3,4)11-19(7-12)16(25)23(17(26)21-19)10-15(24)22-9-14(8-20)5-13(22)2/h12-14H,5-11,20H2,1-4H3,(H,21,26). The number of carbonyl (C=O) groups is 3. The van der Waals surface area contributed by atoms with Crippen molar-refractivity contribution in [2.24, 2.45) is 23.0 Å². The fourth-order valence-corrected chi connectivity index (χ4v) is 5.54. The van der Waals surface area contributed by atoms with Crippen molar-refractivity contribution < 1.29 is 14.4 Å². The first kappa shape index (κ1) is 19.1. The van der Waals surface area contributed by atoms with E-state index in [1.54, 1.807) is 4.90 Å². The van der Waals surface area contributed by atoms with Gasteiger partial charge in [0, 0.05) is 12.6 Å². The van der Waals surface area contributed by atoms with Crippen molar-refractivity contribution >= 4 is 17.8 Å². The van der Waals surface area contributed by atoms with Gasteiger partial charge in [-0.05, 0) is 56.4 Å². The highest BCUT2D eigenvalue weighted by Gasteiger charge is 2.56. The van der Waals surface area contributed by atoms with Gasteiger partial charge in [-0.15, -0.1) is 0 Å². The van der Waals surface area contributed by atoms with Gasteiger partial charge in [0.05, 0.1) is 0 Å². The van der Waals surface area contributed by atoms with Crippen LogP contribution in [0.5, 0.6) is 0 Å². The fraction of sp³-hybridized carbons (Fsp3) is 0.842. The van der Waals surface area contributed by atoms with Gasteiger partial charge in [-0.25, -0.2) is 4.79 Å². The third-order valence-corrected chi connectivity index (χ3v) is 6.23. The van der Waals surface area contributed by atoms with Crippen LogP contribution in [-0.2, 0) is 9.59 Å². The summed E-state index contributed by atoms with van der Waals surface area (Å²) < 4.78 is 0. The molecule has 3 aliphatic rings. The maximum atomic E-state index is 13.1. The molecule has 0 aromatic carbocycles. The monoisotopic (exact) mass is 364 g/mol. The summed E-state index contributed by atoms with van der Waals surface area (Å²) in [6, 6.07) is -0.338. The van der Waals surface area contributed by atoms with Crippen molar-refractivity contribution in [3.8, 4) is 0 Å². The van der Waals surface area contributed by atoms with E-state index in [9.17, 15) is 14.4 Å². The Morgan fingerprint density at radius 1 is 1.27 bits per heavy atom. The van der Waals surface area contributed by atoms with Gasteiger partial charge in [-0.2, -0.15) is 0 Å². The van der Waals surface area contributed by atoms with Gasteiger partial charge in [0.1, 0.15) is 12.1 Å². The zero-order chi connectivity index (χ0) is 19.3. The highest BCUT2D eigenvalue weighted by molar-refractivity contribution is 6.09. The molecule has 1 spiro atoms. The zero-order valence-electron chi connectivity index (χ0n) is 16.4. The molecule has 4 amide bonds. The van der Waals surface area contributed by atoms with Gasteiger partial charge in [-0.1, -0.05) is 20.8 Å². The van der Waals surface area contributed by atoms with Crippen LogP contribution in [0.4, 0.5) is 4.79 Å². The highest BCUT2D eigenvalue weighted by atomic mass is 16.2. The van der Waals surface area contributed by atoms with E-state index in [0.29, 0.717) is 37.8 Å². The number of carbonyl (C=O) groups excluding carboxylic acids is 3. The number of nitrogens with two attached hydrogens (primary N) is 1. The molecule has 0 radical (unpaired) electrons. The number of nitrogens with one attached hydrogen (secondary N) is 1. The molecule has 3 N–H and O–H groups in total. The number of likely N-dealkylation sites (tertiary alicyclic amines) is 1. The van der Waals surface area contributed by atoms with E-state index in [4.69, 9.17) is 5.73 Å². The molecule has 4 atom stereocenters. The molecular formula is C19H32N4O3. The largest absolute Gasteiger partial charge is 0.338 e. The molecule has 1 saturated carbocycles. The van der Waals surface area contributed by atoms with Crippen LogP contribution in [0.15, 0.2) is 0 Å². The van der Waals surface area contributed by atoms with Gasteiger partial charge >= 0.3 is 6.03 Å². The van der Waals surface area contributed by atoms with E-state index in [1.165, 1.54) is 0 Å². The smallest absolute Gasteiger partial charge is 0.325 e. The van der Waals surface area contributed by atoms with Crippen LogP contribution in [0.3, 0.4) is 0 Å². The molecule has 1 aliphatic carbocycles. The van der Waals surface area contributed by atoms with Gasteiger partial charge in [0.15, 0.2) is 0 Å². The summed E-state index contributed by atoms with van der Waals surface area (Å²) in [6.45, 7) is 9.36. The molecule has 2 aliphatic heterocycles. The SMILES string of the molecule is CC1CC(C)(C)CC2(C1)NC(=O)N(CC(=O)N1CC(CN)CC1C)C2=O. The average molecular weight is 364 g/mol. The Balaban J connectivity index is 1.73. The summed E-state index contributed by atoms with van der Waals surface area (Å²) in [5.41, 5.74) is 4.86. The highest BCUT2D eigenvalue weighted by Crippen LogP contribution is 2.46. The summed E-state index contributed by atoms with van der Waals surface area (Å²) in [5, 5.41) is 2.93. The van der Waals surface area contributed by atoms with Crippen LogP contribution in [-0.4, -0.2) is 58.9 Å². The van der Waals surface area contributed by atoms with Crippen molar-refractivity contribution in [2.45, 2.75) is 65.0 Å². The molecule has 0 bridgehead atoms. The zero-order valence-corrected chi connectivity index (χ0v) is 16.4. The first-order valence-electron chi connectivity index (χ1n) is 9.70. The van der Waals surface area contributed by atoms with Gasteiger partial charge in [-0.3, -0.25) is 14.5 Å². The quantitative estimate of drug-likeness (QED) is 0.738. The molecule has 2 saturated heterocycles. The van der Waals surface area contributed by atoms with Crippen molar-refractivity contribution in [1.29, 1.82) is 0 Å². The Labute approximate surface area is 155 Å². The predicted octanol–water partition coefficient (Wildman–Crippen LogP) is 1.32. The van der Waals surface area contributed by atoms with E-state index >= 15 is 0 Å². The minimum atomic E-state index is -0.852. The Morgan fingerprint density at radius 2 is 1.96 bits per heavy atom. The summed E-state index contributed by atoms with van der Waals surface area (Å²) in [7, 11) is 0. The van der Waals surface area contributed by atoms with E-state index < -0.39 is 11.6 Å². The van der Waals surface area contributed by atoms with Crippen molar-refractivity contribution in [2.75, 3.05) is 19.6 Å². The normalized spacial score (nSPS) is 36.7. The maximum Gasteiger partial charge on any atom is 0.325 e. The minimum Gasteiger partial charge on any atom is -0.338 e. The van der Waals surface area contributed by atoms with Crippen LogP contribution < -0.4 is 11.1 Å². The molecule has 146 valence electrons. The molecule has 0 aromatic heterocycles. The maximum absolute atomic E-state index is 13.1. The van der Waals surface area contributed by atoms with Crippen LogP contribution in [0, 0.1) is 17.3 Å². The van der Waals surface area contributed by atoms with E-state index in [2.05, 4.69) is 26.1 Å². The lowest BCUT2D eigenvalue weighted by atomic mass is 9.64. The number of imide groups is 1. The van der Waals surface area contributed by atoms with Gasteiger partial charge in [0.25, 0.3) is 5.91 Å². The van der Waals surface area contributed by atoms with Crippen LogP contribution in [0.2, 0.25) is 0 Å². The third-order valence-electron chi connectivity index (χ3n) is 6.23. The molecule has 0 aromatic rings. The lowest BCUT2D eigenvalue weighted by Gasteiger charge is -2.43.